The van der Waals surface area contributed by atoms with Gasteiger partial charge in [0.25, 0.3) is 0 Å². The van der Waals surface area contributed by atoms with Gasteiger partial charge in [-0.05, 0) is 59.3 Å². The maximum Gasteiger partial charge on any atom is 0.192 e. The molecule has 1 fully saturated rings. The van der Waals surface area contributed by atoms with Gasteiger partial charge in [-0.25, -0.2) is 0 Å². The Morgan fingerprint density at radius 2 is 1.67 bits per heavy atom. The van der Waals surface area contributed by atoms with Crippen LogP contribution in [0.15, 0.2) is 0 Å². The highest BCUT2D eigenvalue weighted by Crippen LogP contribution is 2.40. The summed E-state index contributed by atoms with van der Waals surface area (Å²) in [6, 6.07) is 0.778. The monoisotopic (exact) mass is 307 g/mol. The predicted molar refractivity (Wildman–Crippen MR) is 90.1 cm³/mol. The third-order valence-corrected chi connectivity index (χ3v) is 11.2. The fourth-order valence-electron chi connectivity index (χ4n) is 2.25. The Hall–Kier alpha value is 0.997. The molecule has 0 bridgehead atoms. The van der Waals surface area contributed by atoms with Crippen LogP contribution in [0.3, 0.4) is 0 Å². The Kier molecular flexibility index (Phi) is 6.28. The largest absolute Gasteiger partial charge is 0.414 e. The molecule has 0 heterocycles. The number of nitrogens with zero attached hydrogens (tertiary/aromatic N) is 1. The van der Waals surface area contributed by atoms with Gasteiger partial charge in [0.2, 0.25) is 0 Å². The zero-order chi connectivity index (χ0) is 14.0. The summed E-state index contributed by atoms with van der Waals surface area (Å²) in [5, 5.41) is 0.335. The molecule has 1 aliphatic rings. The lowest BCUT2D eigenvalue weighted by atomic mass is 9.93. The molecule has 1 saturated carbocycles. The fraction of sp³-hybridized carbons (Fsp3) is 1.00. The van der Waals surface area contributed by atoms with Crippen molar-refractivity contribution < 1.29 is 4.43 Å². The smallest absolute Gasteiger partial charge is 0.192 e. The van der Waals surface area contributed by atoms with E-state index in [4.69, 9.17) is 4.43 Å². The Morgan fingerprint density at radius 1 is 1.17 bits per heavy atom. The summed E-state index contributed by atoms with van der Waals surface area (Å²) in [5.41, 5.74) is 0. The summed E-state index contributed by atoms with van der Waals surface area (Å²) >= 11 is 0. The number of hydrogen-bond acceptors (Lipinski definition) is 2. The molecule has 0 spiro atoms. The van der Waals surface area contributed by atoms with Crippen molar-refractivity contribution >= 4 is 25.7 Å². The summed E-state index contributed by atoms with van der Waals surface area (Å²) in [6.45, 7) is 11.7. The van der Waals surface area contributed by atoms with E-state index in [9.17, 15) is 0 Å². The van der Waals surface area contributed by atoms with Crippen LogP contribution in [-0.2, 0) is 4.43 Å². The minimum Gasteiger partial charge on any atom is -0.414 e. The van der Waals surface area contributed by atoms with Crippen molar-refractivity contribution in [3.63, 3.8) is 0 Å². The van der Waals surface area contributed by atoms with Crippen LogP contribution in [0.1, 0.15) is 46.5 Å². The molecule has 108 valence electrons. The molecule has 2 unspecified atom stereocenters. The lowest BCUT2D eigenvalue weighted by molar-refractivity contribution is 0.113. The van der Waals surface area contributed by atoms with Gasteiger partial charge in [0.15, 0.2) is 8.32 Å². The van der Waals surface area contributed by atoms with E-state index in [0.29, 0.717) is 11.1 Å². The highest BCUT2D eigenvalue weighted by Gasteiger charge is 2.39. The molecule has 0 radical (unpaired) electrons. The maximum absolute atomic E-state index is 6.52. The van der Waals surface area contributed by atoms with Crippen molar-refractivity contribution in [2.45, 2.75) is 76.7 Å². The van der Waals surface area contributed by atoms with E-state index in [1.807, 2.05) is 0 Å². The summed E-state index contributed by atoms with van der Waals surface area (Å²) in [5.74, 6) is 0. The normalized spacial score (nSPS) is 27.3. The van der Waals surface area contributed by atoms with E-state index < -0.39 is 8.32 Å². The van der Waals surface area contributed by atoms with E-state index >= 15 is 0 Å². The first-order chi connectivity index (χ1) is 8.17. The Balaban J connectivity index is 2.45. The van der Waals surface area contributed by atoms with Crippen LogP contribution in [0.5, 0.6) is 0 Å². The van der Waals surface area contributed by atoms with Gasteiger partial charge in [-0.1, -0.05) is 29.7 Å². The highest BCUT2D eigenvalue weighted by atomic mass is 32.0. The van der Waals surface area contributed by atoms with E-state index in [1.165, 1.54) is 25.7 Å². The van der Waals surface area contributed by atoms with Gasteiger partial charge in [0, 0.05) is 12.1 Å². The van der Waals surface area contributed by atoms with Gasteiger partial charge < -0.3 is 4.43 Å². The van der Waals surface area contributed by atoms with Crippen LogP contribution in [-0.4, -0.2) is 32.2 Å². The number of rotatable bonds is 4. The molecular weight excluding hydrogens is 276 g/mol. The van der Waals surface area contributed by atoms with Crippen molar-refractivity contribution in [3.8, 4) is 0 Å². The Labute approximate surface area is 119 Å². The van der Waals surface area contributed by atoms with Crippen LogP contribution in [0.25, 0.3) is 0 Å². The second kappa shape index (κ2) is 6.63. The zero-order valence-electron chi connectivity index (χ0n) is 12.9. The average molecular weight is 307 g/mol. The van der Waals surface area contributed by atoms with Crippen LogP contribution in [0.2, 0.25) is 18.1 Å². The molecule has 1 aliphatic carbocycles. The lowest BCUT2D eigenvalue weighted by Gasteiger charge is -2.42. The molecule has 0 aromatic carbocycles. The summed E-state index contributed by atoms with van der Waals surface area (Å²) in [7, 11) is 4.38. The third-order valence-electron chi connectivity index (χ3n) is 4.66. The van der Waals surface area contributed by atoms with E-state index in [1.54, 1.807) is 0 Å². The van der Waals surface area contributed by atoms with Crippen LogP contribution >= 0.6 is 17.3 Å². The van der Waals surface area contributed by atoms with Crippen molar-refractivity contribution in [3.05, 3.63) is 0 Å². The van der Waals surface area contributed by atoms with E-state index in [-0.39, 0.29) is 0 Å². The van der Waals surface area contributed by atoms with Crippen molar-refractivity contribution in [2.24, 2.45) is 0 Å². The zero-order valence-corrected chi connectivity index (χ0v) is 16.1. The van der Waals surface area contributed by atoms with Crippen molar-refractivity contribution in [2.75, 3.05) is 7.05 Å². The SMILES string of the molecule is CN(PP)[C@H]1CC[C@H](O[Si](C)(C)C(C)(C)C)CC1. The molecule has 0 saturated heterocycles. The Bertz CT molecular complexity index is 260. The van der Waals surface area contributed by atoms with Crippen LogP contribution in [0, 0.1) is 0 Å². The van der Waals surface area contributed by atoms with Gasteiger partial charge in [-0.15, -0.1) is 0 Å². The fourth-order valence-corrected chi connectivity index (χ4v) is 4.77. The Morgan fingerprint density at radius 3 is 2.06 bits per heavy atom. The van der Waals surface area contributed by atoms with E-state index in [0.717, 1.165) is 14.5 Å². The van der Waals surface area contributed by atoms with Crippen LogP contribution in [0.4, 0.5) is 0 Å². The van der Waals surface area contributed by atoms with Gasteiger partial charge >= 0.3 is 0 Å². The quantitative estimate of drug-likeness (QED) is 0.554. The first-order valence-corrected chi connectivity index (χ1v) is 12.7. The van der Waals surface area contributed by atoms with Gasteiger partial charge in [0.05, 0.1) is 0 Å². The first-order valence-electron chi connectivity index (χ1n) is 7.04. The molecule has 0 aromatic rings. The van der Waals surface area contributed by atoms with Gasteiger partial charge in [-0.2, -0.15) is 0 Å². The standard InChI is InChI=1S/C13H31NOP2Si/c1-13(2,3)18(5,6)15-12-9-7-11(8-10-12)14(4)17-16/h11-12,17H,7-10,16H2,1-6H3/t11-,12-. The molecule has 5 heteroatoms. The average Bonchev–Trinajstić information content (AvgIpc) is 2.27. The van der Waals surface area contributed by atoms with Gasteiger partial charge in [-0.3, -0.25) is 4.67 Å². The summed E-state index contributed by atoms with van der Waals surface area (Å²) < 4.78 is 9.00. The molecule has 2 atom stereocenters. The molecule has 18 heavy (non-hydrogen) atoms. The topological polar surface area (TPSA) is 12.5 Å². The molecule has 0 amide bonds. The minimum atomic E-state index is -1.57. The minimum absolute atomic E-state index is 0.335. The van der Waals surface area contributed by atoms with Gasteiger partial charge in [0.1, 0.15) is 0 Å². The highest BCUT2D eigenvalue weighted by molar-refractivity contribution is 8.01. The molecular formula is C13H31NOP2Si. The molecule has 0 N–H and O–H groups in total. The third kappa shape index (κ3) is 4.53. The molecule has 0 aromatic heterocycles. The number of hydrogen-bond donors (Lipinski definition) is 0. The maximum atomic E-state index is 6.52. The predicted octanol–water partition coefficient (Wildman–Crippen LogP) is 4.63. The summed E-state index contributed by atoms with van der Waals surface area (Å²) in [4.78, 5) is 0. The molecule has 2 nitrogen and oxygen atoms in total. The molecule has 0 aliphatic heterocycles. The van der Waals surface area contributed by atoms with Crippen LogP contribution < -0.4 is 0 Å². The van der Waals surface area contributed by atoms with Crippen molar-refractivity contribution in [1.29, 1.82) is 0 Å². The second-order valence-corrected chi connectivity index (χ2v) is 13.5. The molecule has 1 rings (SSSR count). The van der Waals surface area contributed by atoms with Crippen molar-refractivity contribution in [1.82, 2.24) is 4.67 Å². The second-order valence-electron chi connectivity index (χ2n) is 7.05. The summed E-state index contributed by atoms with van der Waals surface area (Å²) in [6.07, 6.45) is 5.62. The lowest BCUT2D eigenvalue weighted by Crippen LogP contribution is -2.45. The van der Waals surface area contributed by atoms with E-state index in [2.05, 4.69) is 54.5 Å². The first kappa shape index (κ1) is 17.0.